The Labute approximate surface area is 245 Å². The molecule has 206 valence electrons. The SMILES string of the molecule is CC1CC=C2Oc3cccc4c3N3C2=C1OC1Cc2cc(C=c5c(=O)c6cccc7cccc(c5=O)c76)ccc2C(=C13)O4. The van der Waals surface area contributed by atoms with Crippen LogP contribution in [0.25, 0.3) is 33.4 Å². The normalized spacial score (nSPS) is 20.7. The quantitative estimate of drug-likeness (QED) is 0.260. The van der Waals surface area contributed by atoms with Crippen LogP contribution in [-0.4, -0.2) is 6.10 Å². The van der Waals surface area contributed by atoms with Crippen molar-refractivity contribution < 1.29 is 14.2 Å². The topological polar surface area (TPSA) is 65.1 Å². The first-order chi connectivity index (χ1) is 21.0. The molecule has 0 spiro atoms. The number of allylic oxidation sites excluding steroid dienone is 2. The van der Waals surface area contributed by atoms with Crippen molar-refractivity contribution in [3.05, 3.63) is 144 Å². The van der Waals surface area contributed by atoms with E-state index in [1.807, 2.05) is 54.6 Å². The number of nitrogens with zero attached hydrogens (tertiary/aromatic N) is 1. The number of ether oxygens (including phenoxy) is 3. The maximum atomic E-state index is 13.6. The van der Waals surface area contributed by atoms with Crippen LogP contribution < -0.4 is 30.4 Å². The van der Waals surface area contributed by atoms with E-state index in [1.54, 1.807) is 18.2 Å². The molecule has 2 unspecified atom stereocenters. The molecule has 6 heteroatoms. The molecule has 0 N–H and O–H groups in total. The molecule has 0 saturated carbocycles. The minimum Gasteiger partial charge on any atom is -0.485 e. The van der Waals surface area contributed by atoms with Crippen LogP contribution in [0.1, 0.15) is 30.0 Å². The van der Waals surface area contributed by atoms with Crippen LogP contribution in [0.15, 0.2) is 111 Å². The lowest BCUT2D eigenvalue weighted by Crippen LogP contribution is -2.47. The third-order valence-corrected chi connectivity index (χ3v) is 9.43. The van der Waals surface area contributed by atoms with Gasteiger partial charge in [-0.1, -0.05) is 67.6 Å². The summed E-state index contributed by atoms with van der Waals surface area (Å²) >= 11 is 0. The third-order valence-electron chi connectivity index (χ3n) is 9.43. The van der Waals surface area contributed by atoms with Crippen molar-refractivity contribution in [2.45, 2.75) is 25.9 Å². The molecule has 5 aromatic carbocycles. The van der Waals surface area contributed by atoms with Crippen molar-refractivity contribution in [1.29, 1.82) is 0 Å². The average Bonchev–Trinajstić information content (AvgIpc) is 3.03. The number of benzene rings is 5. The molecule has 43 heavy (non-hydrogen) atoms. The molecule has 5 aliphatic rings. The van der Waals surface area contributed by atoms with Gasteiger partial charge in [0.1, 0.15) is 28.9 Å². The lowest BCUT2D eigenvalue weighted by Gasteiger charge is -2.49. The molecular formula is C37H23NO5. The van der Waals surface area contributed by atoms with Gasteiger partial charge in [-0.2, -0.15) is 0 Å². The Morgan fingerprint density at radius 3 is 2.42 bits per heavy atom. The fourth-order valence-electron chi connectivity index (χ4n) is 7.48. The highest BCUT2D eigenvalue weighted by Crippen LogP contribution is 2.58. The van der Waals surface area contributed by atoms with Gasteiger partial charge in [0.15, 0.2) is 33.9 Å². The second kappa shape index (κ2) is 7.92. The van der Waals surface area contributed by atoms with E-state index in [4.69, 9.17) is 14.2 Å². The number of hydrogen-bond donors (Lipinski definition) is 0. The molecule has 3 aliphatic heterocycles. The lowest BCUT2D eigenvalue weighted by atomic mass is 9.85. The Morgan fingerprint density at radius 2 is 1.63 bits per heavy atom. The number of anilines is 1. The molecule has 10 rings (SSSR count). The van der Waals surface area contributed by atoms with E-state index < -0.39 is 0 Å². The van der Waals surface area contributed by atoms with Crippen LogP contribution in [-0.2, 0) is 11.2 Å². The van der Waals surface area contributed by atoms with Gasteiger partial charge in [-0.25, -0.2) is 0 Å². The number of fused-ring (bicyclic) bond motifs is 2. The molecule has 2 aliphatic carbocycles. The van der Waals surface area contributed by atoms with E-state index >= 15 is 0 Å². The Morgan fingerprint density at radius 1 is 0.884 bits per heavy atom. The van der Waals surface area contributed by atoms with Crippen LogP contribution in [0, 0.1) is 5.92 Å². The fraction of sp³-hybridized carbons (Fsp3) is 0.135. The third kappa shape index (κ3) is 2.92. The zero-order valence-electron chi connectivity index (χ0n) is 23.1. The maximum absolute atomic E-state index is 13.6. The largest absolute Gasteiger partial charge is 0.485 e. The molecule has 0 saturated heterocycles. The Hall–Kier alpha value is -5.36. The van der Waals surface area contributed by atoms with Crippen molar-refractivity contribution in [2.24, 2.45) is 5.92 Å². The highest BCUT2D eigenvalue weighted by atomic mass is 16.5. The van der Waals surface area contributed by atoms with Gasteiger partial charge < -0.3 is 14.2 Å². The van der Waals surface area contributed by atoms with Crippen LogP contribution in [0.2, 0.25) is 0 Å². The molecule has 3 heterocycles. The fourth-order valence-corrected chi connectivity index (χ4v) is 7.48. The molecule has 5 aromatic rings. The highest BCUT2D eigenvalue weighted by molar-refractivity contribution is 6.09. The van der Waals surface area contributed by atoms with Crippen LogP contribution in [0.4, 0.5) is 5.69 Å². The first kappa shape index (κ1) is 23.2. The standard InChI is InChI=1S/C37H23NO5/c1-18-11-14-28-32-36(18)43-29-17-21-15-19(16-25-34(39)23-7-2-5-20-6-3-8-24(30(20)23)35(25)40)12-13-22(21)37-33(29)38(32)31-26(41-28)9-4-10-27(31)42-37/h2-10,12-16,18,29H,11,17H2,1H3. The molecular weight excluding hydrogens is 538 g/mol. The number of rotatable bonds is 1. The van der Waals surface area contributed by atoms with Crippen molar-refractivity contribution in [3.8, 4) is 11.5 Å². The van der Waals surface area contributed by atoms with E-state index in [1.165, 1.54) is 0 Å². The number of para-hydroxylation sites is 1. The van der Waals surface area contributed by atoms with Gasteiger partial charge in [0.25, 0.3) is 0 Å². The van der Waals surface area contributed by atoms with Gasteiger partial charge in [0, 0.05) is 34.1 Å². The lowest BCUT2D eigenvalue weighted by molar-refractivity contribution is 0.0969. The Balaban J connectivity index is 1.17. The first-order valence-electron chi connectivity index (χ1n) is 14.7. The molecule has 0 amide bonds. The summed E-state index contributed by atoms with van der Waals surface area (Å²) in [6.07, 6.45) is 5.13. The molecule has 0 fully saturated rings. The molecule has 0 radical (unpaired) electrons. The summed E-state index contributed by atoms with van der Waals surface area (Å²) in [6, 6.07) is 23.2. The van der Waals surface area contributed by atoms with Crippen molar-refractivity contribution in [2.75, 3.05) is 4.90 Å². The predicted molar refractivity (Wildman–Crippen MR) is 165 cm³/mol. The summed E-state index contributed by atoms with van der Waals surface area (Å²) in [5.74, 6) is 4.29. The Bertz CT molecular complexity index is 2340. The van der Waals surface area contributed by atoms with Crippen molar-refractivity contribution in [1.82, 2.24) is 0 Å². The van der Waals surface area contributed by atoms with Gasteiger partial charge in [-0.05, 0) is 47.2 Å². The van der Waals surface area contributed by atoms with Crippen molar-refractivity contribution in [3.63, 3.8) is 0 Å². The maximum Gasteiger partial charge on any atom is 0.197 e. The van der Waals surface area contributed by atoms with Crippen LogP contribution in [0.3, 0.4) is 0 Å². The highest BCUT2D eigenvalue weighted by Gasteiger charge is 2.50. The van der Waals surface area contributed by atoms with Gasteiger partial charge in [0.05, 0.1) is 5.22 Å². The van der Waals surface area contributed by atoms with Crippen molar-refractivity contribution >= 4 is 39.1 Å². The molecule has 2 atom stereocenters. The second-order valence-electron chi connectivity index (χ2n) is 11.9. The van der Waals surface area contributed by atoms with Gasteiger partial charge >= 0.3 is 0 Å². The van der Waals surface area contributed by atoms with E-state index in [9.17, 15) is 9.59 Å². The van der Waals surface area contributed by atoms with E-state index in [0.717, 1.165) is 79.7 Å². The summed E-state index contributed by atoms with van der Waals surface area (Å²) in [6.45, 7) is 2.19. The average molecular weight is 562 g/mol. The van der Waals surface area contributed by atoms with Gasteiger partial charge in [0.2, 0.25) is 0 Å². The second-order valence-corrected chi connectivity index (χ2v) is 11.9. The predicted octanol–water partition coefficient (Wildman–Crippen LogP) is 5.75. The zero-order chi connectivity index (χ0) is 28.6. The number of hydrogen-bond acceptors (Lipinski definition) is 6. The van der Waals surface area contributed by atoms with E-state index in [2.05, 4.69) is 24.0 Å². The minimum atomic E-state index is -0.243. The Kier molecular flexibility index (Phi) is 4.28. The zero-order valence-corrected chi connectivity index (χ0v) is 23.1. The minimum absolute atomic E-state index is 0.185. The van der Waals surface area contributed by atoms with E-state index in [-0.39, 0.29) is 28.1 Å². The smallest absolute Gasteiger partial charge is 0.197 e. The monoisotopic (exact) mass is 561 g/mol. The first-order valence-corrected chi connectivity index (χ1v) is 14.7. The van der Waals surface area contributed by atoms with Crippen LogP contribution >= 0.6 is 0 Å². The van der Waals surface area contributed by atoms with Crippen LogP contribution in [0.5, 0.6) is 11.5 Å². The summed E-state index contributed by atoms with van der Waals surface area (Å²) in [5, 5.41) is 2.96. The van der Waals surface area contributed by atoms with Gasteiger partial charge in [-0.3, -0.25) is 14.5 Å². The van der Waals surface area contributed by atoms with Gasteiger partial charge in [-0.15, -0.1) is 0 Å². The summed E-state index contributed by atoms with van der Waals surface area (Å²) < 4.78 is 19.7. The molecule has 0 aromatic heterocycles. The summed E-state index contributed by atoms with van der Waals surface area (Å²) in [4.78, 5) is 29.5. The van der Waals surface area contributed by atoms with E-state index in [0.29, 0.717) is 17.2 Å². The molecule has 6 nitrogen and oxygen atoms in total. The summed E-state index contributed by atoms with van der Waals surface area (Å²) in [5.41, 5.74) is 5.23. The molecule has 0 bridgehead atoms. The summed E-state index contributed by atoms with van der Waals surface area (Å²) in [7, 11) is 0.